The van der Waals surface area contributed by atoms with Gasteiger partial charge in [-0.3, -0.25) is 4.79 Å². The van der Waals surface area contributed by atoms with Crippen LogP contribution in [0.15, 0.2) is 53.6 Å². The second-order valence-electron chi connectivity index (χ2n) is 5.74. The molecule has 1 heterocycles. The van der Waals surface area contributed by atoms with Crippen molar-refractivity contribution in [1.82, 2.24) is 5.01 Å². The van der Waals surface area contributed by atoms with Crippen molar-refractivity contribution in [3.05, 3.63) is 71.3 Å². The number of halogens is 2. The minimum absolute atomic E-state index is 0.0918. The number of carbonyl (C=O) groups excluding carboxylic acids is 1. The molecule has 2 aromatic carbocycles. The molecule has 3 nitrogen and oxygen atoms in total. The molecule has 118 valence electrons. The van der Waals surface area contributed by atoms with Crippen molar-refractivity contribution in [2.75, 3.05) is 6.54 Å². The molecule has 1 amide bonds. The summed E-state index contributed by atoms with van der Waals surface area (Å²) in [6.45, 7) is 2.48. The van der Waals surface area contributed by atoms with Gasteiger partial charge in [0.05, 0.1) is 5.71 Å². The Bertz CT molecular complexity index is 759. The van der Waals surface area contributed by atoms with Crippen LogP contribution in [0.25, 0.3) is 0 Å². The Hall–Kier alpha value is -2.56. The highest BCUT2D eigenvalue weighted by molar-refractivity contribution is 6.03. The molecule has 0 spiro atoms. The summed E-state index contributed by atoms with van der Waals surface area (Å²) in [7, 11) is 0. The molecule has 0 aliphatic carbocycles. The van der Waals surface area contributed by atoms with E-state index >= 15 is 0 Å². The lowest BCUT2D eigenvalue weighted by Crippen LogP contribution is -2.36. The van der Waals surface area contributed by atoms with Crippen LogP contribution in [0.3, 0.4) is 0 Å². The van der Waals surface area contributed by atoms with Crippen LogP contribution in [-0.2, 0) is 0 Å². The average molecular weight is 314 g/mol. The molecule has 0 N–H and O–H groups in total. The molecule has 0 saturated heterocycles. The van der Waals surface area contributed by atoms with E-state index in [4.69, 9.17) is 0 Å². The molecule has 1 aliphatic rings. The zero-order chi connectivity index (χ0) is 16.4. The van der Waals surface area contributed by atoms with Gasteiger partial charge >= 0.3 is 0 Å². The molecule has 23 heavy (non-hydrogen) atoms. The second kappa shape index (κ2) is 6.28. The quantitative estimate of drug-likeness (QED) is 0.828. The van der Waals surface area contributed by atoms with E-state index in [1.165, 1.54) is 11.1 Å². The molecule has 1 aliphatic heterocycles. The molecule has 0 aromatic heterocycles. The van der Waals surface area contributed by atoms with Crippen LogP contribution in [0, 0.1) is 17.6 Å². The van der Waals surface area contributed by atoms with Gasteiger partial charge in [0, 0.05) is 12.1 Å². The SMILES string of the molecule is CC1CC(c2ccccc2)=NN(C(=O)c2ccc(F)c(F)c2)C1. The molecule has 0 bridgehead atoms. The Morgan fingerprint density at radius 3 is 2.57 bits per heavy atom. The summed E-state index contributed by atoms with van der Waals surface area (Å²) < 4.78 is 26.4. The van der Waals surface area contributed by atoms with E-state index in [0.29, 0.717) is 6.54 Å². The third-order valence-electron chi connectivity index (χ3n) is 3.78. The predicted octanol–water partition coefficient (Wildman–Crippen LogP) is 3.85. The van der Waals surface area contributed by atoms with Crippen LogP contribution in [0.1, 0.15) is 29.3 Å². The minimum atomic E-state index is -1.03. The van der Waals surface area contributed by atoms with Gasteiger partial charge < -0.3 is 0 Å². The summed E-state index contributed by atoms with van der Waals surface area (Å²) in [6.07, 6.45) is 0.769. The topological polar surface area (TPSA) is 32.7 Å². The number of hydrogen-bond acceptors (Lipinski definition) is 2. The van der Waals surface area contributed by atoms with E-state index in [-0.39, 0.29) is 11.5 Å². The number of hydrogen-bond donors (Lipinski definition) is 0. The maximum atomic E-state index is 13.3. The van der Waals surface area contributed by atoms with Gasteiger partial charge in [-0.25, -0.2) is 13.8 Å². The number of rotatable bonds is 2. The van der Waals surface area contributed by atoms with Crippen LogP contribution in [0.5, 0.6) is 0 Å². The third kappa shape index (κ3) is 3.28. The fourth-order valence-corrected chi connectivity index (χ4v) is 2.63. The second-order valence-corrected chi connectivity index (χ2v) is 5.74. The van der Waals surface area contributed by atoms with Gasteiger partial charge in [-0.2, -0.15) is 5.10 Å². The molecular weight excluding hydrogens is 298 g/mol. The van der Waals surface area contributed by atoms with E-state index in [1.807, 2.05) is 37.3 Å². The lowest BCUT2D eigenvalue weighted by molar-refractivity contribution is 0.0726. The molecule has 2 aromatic rings. The predicted molar refractivity (Wildman–Crippen MR) is 84.2 cm³/mol. The standard InChI is InChI=1S/C18H16F2N2O/c1-12-9-17(13-5-3-2-4-6-13)21-22(11-12)18(23)14-7-8-15(19)16(20)10-14/h2-8,10,12H,9,11H2,1H3. The van der Waals surface area contributed by atoms with Gasteiger partial charge in [-0.1, -0.05) is 37.3 Å². The maximum absolute atomic E-state index is 13.3. The van der Waals surface area contributed by atoms with Crippen molar-refractivity contribution in [2.24, 2.45) is 11.0 Å². The van der Waals surface area contributed by atoms with Crippen molar-refractivity contribution in [2.45, 2.75) is 13.3 Å². The molecule has 5 heteroatoms. The lowest BCUT2D eigenvalue weighted by Gasteiger charge is -2.28. The molecule has 1 atom stereocenters. The summed E-state index contributed by atoms with van der Waals surface area (Å²) in [5.74, 6) is -2.20. The summed E-state index contributed by atoms with van der Waals surface area (Å²) in [5, 5.41) is 5.75. The fraction of sp³-hybridized carbons (Fsp3) is 0.222. The number of amides is 1. The Morgan fingerprint density at radius 2 is 1.87 bits per heavy atom. The smallest absolute Gasteiger partial charge is 0.267 e. The largest absolute Gasteiger partial charge is 0.274 e. The first kappa shape index (κ1) is 15.3. The summed E-state index contributed by atoms with van der Waals surface area (Å²) in [6, 6.07) is 12.8. The highest BCUT2D eigenvalue weighted by Gasteiger charge is 2.25. The van der Waals surface area contributed by atoms with Gasteiger partial charge in [-0.15, -0.1) is 0 Å². The average Bonchev–Trinajstić information content (AvgIpc) is 2.57. The first-order valence-corrected chi connectivity index (χ1v) is 7.44. The van der Waals surface area contributed by atoms with Crippen molar-refractivity contribution < 1.29 is 13.6 Å². The van der Waals surface area contributed by atoms with Crippen LogP contribution in [0.4, 0.5) is 8.78 Å². The molecule has 0 fully saturated rings. The van der Waals surface area contributed by atoms with Crippen molar-refractivity contribution >= 4 is 11.6 Å². The Morgan fingerprint density at radius 1 is 1.13 bits per heavy atom. The van der Waals surface area contributed by atoms with E-state index < -0.39 is 17.5 Å². The summed E-state index contributed by atoms with van der Waals surface area (Å²) >= 11 is 0. The van der Waals surface area contributed by atoms with E-state index in [9.17, 15) is 13.6 Å². The van der Waals surface area contributed by atoms with Gasteiger partial charge in [0.15, 0.2) is 11.6 Å². The molecule has 0 radical (unpaired) electrons. The molecule has 0 saturated carbocycles. The van der Waals surface area contributed by atoms with E-state index in [0.717, 1.165) is 29.8 Å². The van der Waals surface area contributed by atoms with Crippen LogP contribution in [0.2, 0.25) is 0 Å². The number of nitrogens with zero attached hydrogens (tertiary/aromatic N) is 2. The van der Waals surface area contributed by atoms with Crippen molar-refractivity contribution in [1.29, 1.82) is 0 Å². The first-order valence-electron chi connectivity index (χ1n) is 7.44. The van der Waals surface area contributed by atoms with Crippen LogP contribution >= 0.6 is 0 Å². The fourth-order valence-electron chi connectivity index (χ4n) is 2.63. The van der Waals surface area contributed by atoms with Gasteiger partial charge in [0.2, 0.25) is 0 Å². The van der Waals surface area contributed by atoms with E-state index in [1.54, 1.807) is 0 Å². The number of carbonyl (C=O) groups is 1. The maximum Gasteiger partial charge on any atom is 0.274 e. The van der Waals surface area contributed by atoms with Crippen LogP contribution < -0.4 is 0 Å². The van der Waals surface area contributed by atoms with Crippen molar-refractivity contribution in [3.63, 3.8) is 0 Å². The van der Waals surface area contributed by atoms with Gasteiger partial charge in [0.25, 0.3) is 5.91 Å². The number of benzene rings is 2. The van der Waals surface area contributed by atoms with Gasteiger partial charge in [-0.05, 0) is 36.1 Å². The highest BCUT2D eigenvalue weighted by atomic mass is 19.2. The minimum Gasteiger partial charge on any atom is -0.267 e. The molecule has 3 rings (SSSR count). The number of hydrazone groups is 1. The Balaban J connectivity index is 1.91. The summed E-state index contributed by atoms with van der Waals surface area (Å²) in [4.78, 5) is 12.5. The zero-order valence-corrected chi connectivity index (χ0v) is 12.7. The Labute approximate surface area is 133 Å². The van der Waals surface area contributed by atoms with E-state index in [2.05, 4.69) is 5.10 Å². The summed E-state index contributed by atoms with van der Waals surface area (Å²) in [5.41, 5.74) is 1.87. The monoisotopic (exact) mass is 314 g/mol. The van der Waals surface area contributed by atoms with Gasteiger partial charge in [0.1, 0.15) is 0 Å². The van der Waals surface area contributed by atoms with Crippen LogP contribution in [-0.4, -0.2) is 23.2 Å². The first-order chi connectivity index (χ1) is 11.0. The Kier molecular flexibility index (Phi) is 4.19. The normalized spacial score (nSPS) is 17.8. The zero-order valence-electron chi connectivity index (χ0n) is 12.7. The highest BCUT2D eigenvalue weighted by Crippen LogP contribution is 2.21. The third-order valence-corrected chi connectivity index (χ3v) is 3.78. The van der Waals surface area contributed by atoms with Crippen molar-refractivity contribution in [3.8, 4) is 0 Å². The molecular formula is C18H16F2N2O. The lowest BCUT2D eigenvalue weighted by atomic mass is 9.97. The molecule has 1 unspecified atom stereocenters.